The maximum absolute atomic E-state index is 12.2. The van der Waals surface area contributed by atoms with Gasteiger partial charge in [-0.3, -0.25) is 4.79 Å². The van der Waals surface area contributed by atoms with Crippen LogP contribution in [0.3, 0.4) is 0 Å². The van der Waals surface area contributed by atoms with Gasteiger partial charge in [0.2, 0.25) is 0 Å². The molecule has 0 saturated heterocycles. The predicted octanol–water partition coefficient (Wildman–Crippen LogP) is 9.09. The molecule has 0 N–H and O–H groups in total. The number of ether oxygens (including phenoxy) is 2. The number of esters is 1. The molecule has 0 saturated carbocycles. The van der Waals surface area contributed by atoms with Crippen LogP contribution in [0.2, 0.25) is 18.1 Å². The summed E-state index contributed by atoms with van der Waals surface area (Å²) in [6.07, 6.45) is 13.6. The van der Waals surface area contributed by atoms with E-state index in [9.17, 15) is 4.79 Å². The lowest BCUT2D eigenvalue weighted by atomic mass is 10.0. The van der Waals surface area contributed by atoms with E-state index in [4.69, 9.17) is 13.9 Å². The maximum Gasteiger partial charge on any atom is 0.305 e. The van der Waals surface area contributed by atoms with Crippen LogP contribution in [0.5, 0.6) is 0 Å². The van der Waals surface area contributed by atoms with Crippen LogP contribution in [0.25, 0.3) is 0 Å². The summed E-state index contributed by atoms with van der Waals surface area (Å²) in [5.41, 5.74) is 1.18. The molecule has 208 valence electrons. The van der Waals surface area contributed by atoms with E-state index in [1.165, 1.54) is 50.5 Å². The zero-order valence-corrected chi connectivity index (χ0v) is 25.4. The van der Waals surface area contributed by atoms with Crippen LogP contribution in [0.4, 0.5) is 0 Å². The van der Waals surface area contributed by atoms with Crippen molar-refractivity contribution >= 4 is 14.3 Å². The lowest BCUT2D eigenvalue weighted by Gasteiger charge is -2.36. The monoisotopic (exact) mass is 520 g/mol. The van der Waals surface area contributed by atoms with Crippen molar-refractivity contribution in [3.05, 3.63) is 35.9 Å². The SMILES string of the molecule is CCCCCCCCCCCC(=O)OCCC(CCO[Si](C)(C)C(C)(C)C)COCc1ccccc1. The molecule has 1 aromatic carbocycles. The molecular formula is C31H56O4Si. The molecule has 1 aromatic rings. The molecule has 0 bridgehead atoms. The van der Waals surface area contributed by atoms with Crippen molar-refractivity contribution in [2.75, 3.05) is 19.8 Å². The Morgan fingerprint density at radius 1 is 0.861 bits per heavy atom. The molecule has 4 nitrogen and oxygen atoms in total. The first-order chi connectivity index (χ1) is 17.2. The third kappa shape index (κ3) is 15.8. The highest BCUT2D eigenvalue weighted by molar-refractivity contribution is 6.74. The molecule has 1 unspecified atom stereocenters. The summed E-state index contributed by atoms with van der Waals surface area (Å²) in [6, 6.07) is 10.3. The smallest absolute Gasteiger partial charge is 0.305 e. The third-order valence-corrected chi connectivity index (χ3v) is 12.1. The first-order valence-corrected chi connectivity index (χ1v) is 17.5. The average molecular weight is 521 g/mol. The highest BCUT2D eigenvalue weighted by atomic mass is 28.4. The second kappa shape index (κ2) is 19.0. The van der Waals surface area contributed by atoms with Gasteiger partial charge in [-0.25, -0.2) is 0 Å². The Morgan fingerprint density at radius 3 is 2.06 bits per heavy atom. The normalized spacial score (nSPS) is 13.1. The van der Waals surface area contributed by atoms with E-state index >= 15 is 0 Å². The average Bonchev–Trinajstić information content (AvgIpc) is 2.82. The van der Waals surface area contributed by atoms with Gasteiger partial charge in [0.15, 0.2) is 8.32 Å². The van der Waals surface area contributed by atoms with Crippen LogP contribution < -0.4 is 0 Å². The fourth-order valence-corrected chi connectivity index (χ4v) is 4.98. The quantitative estimate of drug-likeness (QED) is 0.0921. The maximum atomic E-state index is 12.2. The minimum absolute atomic E-state index is 0.0561. The molecule has 0 aliphatic heterocycles. The summed E-state index contributed by atoms with van der Waals surface area (Å²) in [6.45, 7) is 16.1. The number of benzene rings is 1. The summed E-state index contributed by atoms with van der Waals surface area (Å²) in [5, 5.41) is 0.205. The van der Waals surface area contributed by atoms with Gasteiger partial charge in [0.25, 0.3) is 0 Å². The van der Waals surface area contributed by atoms with Gasteiger partial charge in [-0.15, -0.1) is 0 Å². The van der Waals surface area contributed by atoms with Gasteiger partial charge < -0.3 is 13.9 Å². The van der Waals surface area contributed by atoms with Gasteiger partial charge in [0, 0.05) is 13.0 Å². The van der Waals surface area contributed by atoms with E-state index < -0.39 is 8.32 Å². The van der Waals surface area contributed by atoms with E-state index in [0.717, 1.165) is 32.3 Å². The second-order valence-electron chi connectivity index (χ2n) is 11.9. The molecule has 0 heterocycles. The van der Waals surface area contributed by atoms with Crippen LogP contribution in [0, 0.1) is 5.92 Å². The minimum atomic E-state index is -1.76. The van der Waals surface area contributed by atoms with E-state index in [1.807, 2.05) is 18.2 Å². The number of hydrogen-bond acceptors (Lipinski definition) is 4. The van der Waals surface area contributed by atoms with Gasteiger partial charge >= 0.3 is 5.97 Å². The minimum Gasteiger partial charge on any atom is -0.466 e. The molecule has 0 aliphatic carbocycles. The Balaban J connectivity index is 2.31. The van der Waals surface area contributed by atoms with Gasteiger partial charge in [0.05, 0.1) is 19.8 Å². The Hall–Kier alpha value is -1.17. The predicted molar refractivity (Wildman–Crippen MR) is 155 cm³/mol. The highest BCUT2D eigenvalue weighted by Crippen LogP contribution is 2.36. The molecule has 1 rings (SSSR count). The van der Waals surface area contributed by atoms with Crippen LogP contribution in [0.1, 0.15) is 110 Å². The topological polar surface area (TPSA) is 44.8 Å². The van der Waals surface area contributed by atoms with Crippen molar-refractivity contribution in [2.45, 2.75) is 129 Å². The van der Waals surface area contributed by atoms with E-state index in [2.05, 4.69) is 52.9 Å². The molecule has 0 spiro atoms. The molecule has 0 aromatic heterocycles. The number of carbonyl (C=O) groups excluding carboxylic acids is 1. The zero-order chi connectivity index (χ0) is 26.7. The standard InChI is InChI=1S/C31H56O4Si/c1-7-8-9-10-11-12-13-14-18-21-30(32)34-24-22-29(23-25-35-36(5,6)31(2,3)4)27-33-26-28-19-16-15-17-20-28/h15-17,19-20,29H,7-14,18,21-27H2,1-6H3. The number of carbonyl (C=O) groups is 1. The van der Waals surface area contributed by atoms with E-state index in [0.29, 0.717) is 32.2 Å². The molecule has 36 heavy (non-hydrogen) atoms. The first-order valence-electron chi connectivity index (χ1n) is 14.6. The van der Waals surface area contributed by atoms with Crippen molar-refractivity contribution in [1.82, 2.24) is 0 Å². The molecule has 0 aliphatic rings. The molecule has 0 fully saturated rings. The Labute approximate surface area is 224 Å². The van der Waals surface area contributed by atoms with Gasteiger partial charge in [-0.2, -0.15) is 0 Å². The Kier molecular flexibility index (Phi) is 17.3. The van der Waals surface area contributed by atoms with Crippen LogP contribution in [-0.2, 0) is 25.3 Å². The van der Waals surface area contributed by atoms with Crippen LogP contribution in [0.15, 0.2) is 30.3 Å². The summed E-state index contributed by atoms with van der Waals surface area (Å²) in [4.78, 5) is 12.2. The summed E-state index contributed by atoms with van der Waals surface area (Å²) >= 11 is 0. The second-order valence-corrected chi connectivity index (χ2v) is 16.7. The van der Waals surface area contributed by atoms with Crippen molar-refractivity contribution in [2.24, 2.45) is 5.92 Å². The lowest BCUT2D eigenvalue weighted by molar-refractivity contribution is -0.144. The summed E-state index contributed by atoms with van der Waals surface area (Å²) < 4.78 is 18.0. The zero-order valence-electron chi connectivity index (χ0n) is 24.4. The Bertz CT molecular complexity index is 669. The van der Waals surface area contributed by atoms with Crippen molar-refractivity contribution < 1.29 is 18.7 Å². The van der Waals surface area contributed by atoms with Gasteiger partial charge in [-0.05, 0) is 48.9 Å². The summed E-state index contributed by atoms with van der Waals surface area (Å²) in [7, 11) is -1.76. The molecule has 5 heteroatoms. The Morgan fingerprint density at radius 2 is 1.44 bits per heavy atom. The molecule has 1 atom stereocenters. The fourth-order valence-electron chi connectivity index (χ4n) is 3.92. The van der Waals surface area contributed by atoms with Crippen molar-refractivity contribution in [1.29, 1.82) is 0 Å². The largest absolute Gasteiger partial charge is 0.466 e. The van der Waals surface area contributed by atoms with E-state index in [1.54, 1.807) is 0 Å². The summed E-state index contributed by atoms with van der Waals surface area (Å²) in [5.74, 6) is 0.262. The lowest BCUT2D eigenvalue weighted by Crippen LogP contribution is -2.41. The van der Waals surface area contributed by atoms with Crippen LogP contribution in [-0.4, -0.2) is 34.1 Å². The number of hydrogen-bond donors (Lipinski definition) is 0. The molecule has 0 amide bonds. The fraction of sp³-hybridized carbons (Fsp3) is 0.774. The number of rotatable bonds is 21. The first kappa shape index (κ1) is 32.9. The van der Waals surface area contributed by atoms with Gasteiger partial charge in [0.1, 0.15) is 0 Å². The third-order valence-electron chi connectivity index (χ3n) is 7.53. The molecular weight excluding hydrogens is 464 g/mol. The van der Waals surface area contributed by atoms with Gasteiger partial charge in [-0.1, -0.05) is 109 Å². The molecule has 0 radical (unpaired) electrons. The van der Waals surface area contributed by atoms with Crippen molar-refractivity contribution in [3.63, 3.8) is 0 Å². The highest BCUT2D eigenvalue weighted by Gasteiger charge is 2.37. The number of unbranched alkanes of at least 4 members (excludes halogenated alkanes) is 8. The van der Waals surface area contributed by atoms with Crippen molar-refractivity contribution in [3.8, 4) is 0 Å². The van der Waals surface area contributed by atoms with Crippen LogP contribution >= 0.6 is 0 Å². The van der Waals surface area contributed by atoms with E-state index in [-0.39, 0.29) is 11.0 Å².